The molecular weight excluding hydrogens is 321 g/mol. The minimum atomic E-state index is -4.48. The normalized spacial score (nSPS) is 11.0. The number of rotatable bonds is 7. The number of ether oxygens (including phenoxy) is 1. The first kappa shape index (κ1) is 20.7. The van der Waals surface area contributed by atoms with E-state index in [1.165, 1.54) is 6.07 Å². The number of alkyl halides is 3. The smallest absolute Gasteiger partial charge is 0.372 e. The van der Waals surface area contributed by atoms with E-state index in [1.54, 1.807) is 0 Å². The van der Waals surface area contributed by atoms with Crippen molar-refractivity contribution in [3.05, 3.63) is 29.3 Å². The number of anilines is 1. The van der Waals surface area contributed by atoms with E-state index < -0.39 is 17.6 Å². The van der Waals surface area contributed by atoms with E-state index in [4.69, 9.17) is 10.5 Å². The van der Waals surface area contributed by atoms with Crippen molar-refractivity contribution in [3.63, 3.8) is 0 Å². The Morgan fingerprint density at radius 3 is 2.55 bits per heavy atom. The molecule has 0 spiro atoms. The van der Waals surface area contributed by atoms with Gasteiger partial charge in [-0.05, 0) is 30.2 Å². The number of benzene rings is 1. The fraction of sp³-hybridized carbons (Fsp3) is 0.500. The summed E-state index contributed by atoms with van der Waals surface area (Å²) >= 11 is 0. The molecule has 4 nitrogen and oxygen atoms in total. The Hall–Kier alpha value is -1.31. The summed E-state index contributed by atoms with van der Waals surface area (Å²) in [5, 5.41) is 2.39. The molecule has 0 bridgehead atoms. The molecule has 126 valence electrons. The van der Waals surface area contributed by atoms with Gasteiger partial charge in [-0.2, -0.15) is 13.2 Å². The van der Waals surface area contributed by atoms with Gasteiger partial charge in [0.15, 0.2) is 0 Å². The molecule has 22 heavy (non-hydrogen) atoms. The number of carbonyl (C=O) groups excluding carboxylic acids is 1. The average molecular weight is 341 g/mol. The maximum atomic E-state index is 12.7. The lowest BCUT2D eigenvalue weighted by atomic mass is 10.1. The van der Waals surface area contributed by atoms with Crippen LogP contribution in [0.1, 0.15) is 30.9 Å². The minimum absolute atomic E-state index is 0. The SMILES string of the molecule is CCCCOCC(=O)Nc1cc(CN)cc(C(F)(F)F)c1.Cl. The first-order valence-electron chi connectivity index (χ1n) is 6.65. The summed E-state index contributed by atoms with van der Waals surface area (Å²) in [4.78, 5) is 11.6. The van der Waals surface area contributed by atoms with Crippen molar-refractivity contribution < 1.29 is 22.7 Å². The predicted octanol–water partition coefficient (Wildman–Crippen LogP) is 3.34. The Kier molecular flexibility index (Phi) is 9.08. The number of carbonyl (C=O) groups is 1. The second-order valence-electron chi connectivity index (χ2n) is 4.57. The predicted molar refractivity (Wildman–Crippen MR) is 80.9 cm³/mol. The molecule has 1 aromatic rings. The molecule has 8 heteroatoms. The number of hydrogen-bond acceptors (Lipinski definition) is 3. The summed E-state index contributed by atoms with van der Waals surface area (Å²) < 4.78 is 43.3. The third kappa shape index (κ3) is 7.11. The molecule has 1 amide bonds. The van der Waals surface area contributed by atoms with Crippen LogP contribution in [0.25, 0.3) is 0 Å². The van der Waals surface area contributed by atoms with Gasteiger partial charge in [0.1, 0.15) is 6.61 Å². The Morgan fingerprint density at radius 2 is 2.00 bits per heavy atom. The lowest BCUT2D eigenvalue weighted by molar-refractivity contribution is -0.137. The Balaban J connectivity index is 0.00000441. The Labute approximate surface area is 133 Å². The summed E-state index contributed by atoms with van der Waals surface area (Å²) in [5.74, 6) is -0.492. The molecule has 0 saturated heterocycles. The van der Waals surface area contributed by atoms with Crippen molar-refractivity contribution in [1.82, 2.24) is 0 Å². The van der Waals surface area contributed by atoms with E-state index in [9.17, 15) is 18.0 Å². The average Bonchev–Trinajstić information content (AvgIpc) is 2.42. The van der Waals surface area contributed by atoms with Crippen molar-refractivity contribution in [3.8, 4) is 0 Å². The maximum absolute atomic E-state index is 12.7. The Bertz CT molecular complexity index is 482. The number of hydrogen-bond donors (Lipinski definition) is 2. The van der Waals surface area contributed by atoms with Crippen LogP contribution >= 0.6 is 12.4 Å². The third-order valence-corrected chi connectivity index (χ3v) is 2.71. The summed E-state index contributed by atoms with van der Waals surface area (Å²) in [6.07, 6.45) is -2.72. The molecule has 0 saturated carbocycles. The lowest BCUT2D eigenvalue weighted by Crippen LogP contribution is -2.19. The number of nitrogens with one attached hydrogen (secondary N) is 1. The van der Waals surface area contributed by atoms with Crippen molar-refractivity contribution in [2.75, 3.05) is 18.5 Å². The highest BCUT2D eigenvalue weighted by Crippen LogP contribution is 2.31. The molecule has 0 heterocycles. The topological polar surface area (TPSA) is 64.3 Å². The van der Waals surface area contributed by atoms with Crippen LogP contribution in [-0.4, -0.2) is 19.1 Å². The van der Waals surface area contributed by atoms with Crippen LogP contribution in [0, 0.1) is 0 Å². The fourth-order valence-electron chi connectivity index (χ4n) is 1.65. The van der Waals surface area contributed by atoms with Gasteiger partial charge < -0.3 is 15.8 Å². The second-order valence-corrected chi connectivity index (χ2v) is 4.57. The highest BCUT2D eigenvalue weighted by atomic mass is 35.5. The van der Waals surface area contributed by atoms with Crippen LogP contribution in [0.4, 0.5) is 18.9 Å². The summed E-state index contributed by atoms with van der Waals surface area (Å²) in [7, 11) is 0. The highest BCUT2D eigenvalue weighted by molar-refractivity contribution is 5.91. The summed E-state index contributed by atoms with van der Waals surface area (Å²) in [6, 6.07) is 3.26. The number of amides is 1. The standard InChI is InChI=1S/C14H19F3N2O2.ClH/c1-2-3-4-21-9-13(20)19-12-6-10(8-18)5-11(7-12)14(15,16)17;/h5-7H,2-4,8-9,18H2,1H3,(H,19,20);1H. The van der Waals surface area contributed by atoms with Gasteiger partial charge in [-0.25, -0.2) is 0 Å². The van der Waals surface area contributed by atoms with Crippen LogP contribution < -0.4 is 11.1 Å². The molecule has 0 radical (unpaired) electrons. The van der Waals surface area contributed by atoms with Crippen molar-refractivity contribution in [2.45, 2.75) is 32.5 Å². The van der Waals surface area contributed by atoms with Crippen LogP contribution in [-0.2, 0) is 22.3 Å². The van der Waals surface area contributed by atoms with Crippen LogP contribution in [0.3, 0.4) is 0 Å². The molecule has 0 aliphatic rings. The first-order valence-corrected chi connectivity index (χ1v) is 6.65. The monoisotopic (exact) mass is 340 g/mol. The van der Waals surface area contributed by atoms with Gasteiger partial charge in [0.05, 0.1) is 5.56 Å². The van der Waals surface area contributed by atoms with Gasteiger partial charge in [-0.15, -0.1) is 12.4 Å². The zero-order valence-corrected chi connectivity index (χ0v) is 13.0. The Morgan fingerprint density at radius 1 is 1.32 bits per heavy atom. The van der Waals surface area contributed by atoms with Crippen molar-refractivity contribution in [1.29, 1.82) is 0 Å². The highest BCUT2D eigenvalue weighted by Gasteiger charge is 2.31. The van der Waals surface area contributed by atoms with E-state index in [0.717, 1.165) is 25.0 Å². The van der Waals surface area contributed by atoms with Gasteiger partial charge in [-0.3, -0.25) is 4.79 Å². The first-order chi connectivity index (χ1) is 9.86. The third-order valence-electron chi connectivity index (χ3n) is 2.71. The number of nitrogens with two attached hydrogens (primary N) is 1. The molecule has 0 aromatic heterocycles. The van der Waals surface area contributed by atoms with Gasteiger partial charge in [0.2, 0.25) is 5.91 Å². The van der Waals surface area contributed by atoms with Crippen molar-refractivity contribution in [2.24, 2.45) is 5.73 Å². The molecule has 3 N–H and O–H groups in total. The molecule has 0 atom stereocenters. The van der Waals surface area contributed by atoms with E-state index in [0.29, 0.717) is 12.2 Å². The molecule has 0 aliphatic carbocycles. The van der Waals surface area contributed by atoms with E-state index in [1.807, 2.05) is 6.92 Å². The number of halogens is 4. The van der Waals surface area contributed by atoms with Crippen LogP contribution in [0.15, 0.2) is 18.2 Å². The quantitative estimate of drug-likeness (QED) is 0.748. The number of unbranched alkanes of at least 4 members (excludes halogenated alkanes) is 1. The van der Waals surface area contributed by atoms with Gasteiger partial charge in [0, 0.05) is 18.8 Å². The second kappa shape index (κ2) is 9.66. The largest absolute Gasteiger partial charge is 0.416 e. The maximum Gasteiger partial charge on any atom is 0.416 e. The zero-order valence-electron chi connectivity index (χ0n) is 12.2. The summed E-state index contributed by atoms with van der Waals surface area (Å²) in [6.45, 7) is 2.20. The fourth-order valence-corrected chi connectivity index (χ4v) is 1.65. The van der Waals surface area contributed by atoms with Gasteiger partial charge in [-0.1, -0.05) is 13.3 Å². The minimum Gasteiger partial charge on any atom is -0.372 e. The van der Waals surface area contributed by atoms with Crippen LogP contribution in [0.2, 0.25) is 0 Å². The van der Waals surface area contributed by atoms with Crippen molar-refractivity contribution >= 4 is 24.0 Å². The van der Waals surface area contributed by atoms with Crippen LogP contribution in [0.5, 0.6) is 0 Å². The summed E-state index contributed by atoms with van der Waals surface area (Å²) in [5.41, 5.74) is 4.89. The molecule has 0 aliphatic heterocycles. The zero-order chi connectivity index (χ0) is 15.9. The van der Waals surface area contributed by atoms with E-state index in [2.05, 4.69) is 5.32 Å². The molecule has 1 rings (SSSR count). The molecule has 0 fully saturated rings. The molecule has 1 aromatic carbocycles. The molecule has 0 unspecified atom stereocenters. The van der Waals surface area contributed by atoms with E-state index in [-0.39, 0.29) is 31.2 Å². The lowest BCUT2D eigenvalue weighted by Gasteiger charge is -2.12. The van der Waals surface area contributed by atoms with Gasteiger partial charge in [0.25, 0.3) is 0 Å². The van der Waals surface area contributed by atoms with Gasteiger partial charge >= 0.3 is 6.18 Å². The molecular formula is C14H20ClF3N2O2. The van der Waals surface area contributed by atoms with E-state index >= 15 is 0 Å².